The second-order valence-electron chi connectivity index (χ2n) is 8.80. The Morgan fingerprint density at radius 2 is 1.71 bits per heavy atom. The number of hydrazone groups is 2. The van der Waals surface area contributed by atoms with Gasteiger partial charge in [0.05, 0.1) is 31.8 Å². The van der Waals surface area contributed by atoms with Crippen LogP contribution in [0.2, 0.25) is 0 Å². The third-order valence-corrected chi connectivity index (χ3v) is 4.56. The highest BCUT2D eigenvalue weighted by atomic mass is 16.6. The van der Waals surface area contributed by atoms with Crippen LogP contribution in [-0.4, -0.2) is 60.3 Å². The molecular formula is C23H30N7O4+. The van der Waals surface area contributed by atoms with E-state index in [1.807, 2.05) is 40.2 Å². The summed E-state index contributed by atoms with van der Waals surface area (Å²) < 4.78 is 0.397. The van der Waals surface area contributed by atoms with Crippen molar-refractivity contribution in [2.24, 2.45) is 10.2 Å². The van der Waals surface area contributed by atoms with E-state index >= 15 is 0 Å². The van der Waals surface area contributed by atoms with Crippen molar-refractivity contribution in [2.45, 2.75) is 20.8 Å². The quantitative estimate of drug-likeness (QED) is 0.225. The zero-order chi connectivity index (χ0) is 25.5. The molecule has 0 unspecified atom stereocenters. The lowest BCUT2D eigenvalue weighted by Crippen LogP contribution is -2.43. The minimum atomic E-state index is -0.598. The molecule has 2 aromatic carbocycles. The van der Waals surface area contributed by atoms with Crippen LogP contribution >= 0.6 is 0 Å². The van der Waals surface area contributed by atoms with Gasteiger partial charge in [0.15, 0.2) is 12.3 Å². The maximum Gasteiger partial charge on any atom is 0.295 e. The van der Waals surface area contributed by atoms with E-state index < -0.39 is 10.8 Å². The van der Waals surface area contributed by atoms with E-state index in [9.17, 15) is 19.7 Å². The third-order valence-electron chi connectivity index (χ3n) is 4.56. The number of benzene rings is 2. The highest BCUT2D eigenvalue weighted by molar-refractivity contribution is 6.68. The highest BCUT2D eigenvalue weighted by Crippen LogP contribution is 2.25. The first-order valence-electron chi connectivity index (χ1n) is 10.5. The fraction of sp³-hybridized carbons (Fsp3) is 0.304. The predicted octanol–water partition coefficient (Wildman–Crippen LogP) is 2.82. The van der Waals surface area contributed by atoms with Crippen LogP contribution in [0.3, 0.4) is 0 Å². The van der Waals surface area contributed by atoms with Gasteiger partial charge in [0.1, 0.15) is 5.69 Å². The minimum Gasteiger partial charge on any atom is -0.323 e. The van der Waals surface area contributed by atoms with Crippen LogP contribution in [0.25, 0.3) is 0 Å². The molecule has 0 radical (unpaired) electrons. The molecule has 0 saturated carbocycles. The molecule has 180 valence electrons. The van der Waals surface area contributed by atoms with Crippen LogP contribution in [0.5, 0.6) is 0 Å². The van der Waals surface area contributed by atoms with Gasteiger partial charge >= 0.3 is 0 Å². The molecule has 2 rings (SSSR count). The summed E-state index contributed by atoms with van der Waals surface area (Å²) in [5, 5.41) is 22.3. The summed E-state index contributed by atoms with van der Waals surface area (Å²) in [6.45, 7) is 5.25. The van der Waals surface area contributed by atoms with Gasteiger partial charge in [-0.1, -0.05) is 24.3 Å². The van der Waals surface area contributed by atoms with Crippen molar-refractivity contribution in [3.63, 3.8) is 0 Å². The summed E-state index contributed by atoms with van der Waals surface area (Å²) in [5.41, 5.74) is 7.02. The number of nitro groups is 1. The zero-order valence-corrected chi connectivity index (χ0v) is 20.2. The van der Waals surface area contributed by atoms with Gasteiger partial charge in [0.2, 0.25) is 0 Å². The molecule has 34 heavy (non-hydrogen) atoms. The maximum atomic E-state index is 13.1. The van der Waals surface area contributed by atoms with Crippen molar-refractivity contribution >= 4 is 40.3 Å². The molecule has 0 bridgehead atoms. The lowest BCUT2D eigenvalue weighted by atomic mass is 10.2. The number of aryl methyl sites for hydroxylation is 2. The first-order chi connectivity index (χ1) is 15.9. The second kappa shape index (κ2) is 11.1. The molecule has 11 nitrogen and oxygen atoms in total. The number of nitro benzene ring substituents is 1. The first kappa shape index (κ1) is 26.1. The number of hydrogen-bond donors (Lipinski definition) is 3. The van der Waals surface area contributed by atoms with E-state index in [-0.39, 0.29) is 35.3 Å². The van der Waals surface area contributed by atoms with Crippen LogP contribution in [0.15, 0.2) is 52.7 Å². The number of anilines is 2. The van der Waals surface area contributed by atoms with Crippen LogP contribution in [0.1, 0.15) is 18.1 Å². The Morgan fingerprint density at radius 1 is 1.03 bits per heavy atom. The number of likely N-dealkylation sites (N-methyl/N-ethyl adjacent to an activating group) is 1. The van der Waals surface area contributed by atoms with Gasteiger partial charge in [-0.15, -0.1) is 0 Å². The van der Waals surface area contributed by atoms with E-state index in [1.165, 1.54) is 19.1 Å². The lowest BCUT2D eigenvalue weighted by Gasteiger charge is -2.22. The van der Waals surface area contributed by atoms with Crippen molar-refractivity contribution in [2.75, 3.05) is 38.4 Å². The summed E-state index contributed by atoms with van der Waals surface area (Å²) in [6.07, 6.45) is 0. The van der Waals surface area contributed by atoms with Gasteiger partial charge in [0.25, 0.3) is 17.5 Å². The van der Waals surface area contributed by atoms with Crippen molar-refractivity contribution in [3.8, 4) is 0 Å². The number of para-hydroxylation sites is 1. The van der Waals surface area contributed by atoms with Gasteiger partial charge in [-0.25, -0.2) is 5.43 Å². The molecule has 0 spiro atoms. The van der Waals surface area contributed by atoms with Crippen LogP contribution < -0.4 is 16.2 Å². The molecule has 0 aliphatic rings. The van der Waals surface area contributed by atoms with Crippen molar-refractivity contribution in [1.29, 1.82) is 0 Å². The fourth-order valence-corrected chi connectivity index (χ4v) is 2.86. The van der Waals surface area contributed by atoms with E-state index in [0.717, 1.165) is 5.56 Å². The summed E-state index contributed by atoms with van der Waals surface area (Å²) in [4.78, 5) is 36.1. The molecule has 0 aromatic heterocycles. The average Bonchev–Trinajstić information content (AvgIpc) is 2.73. The highest BCUT2D eigenvalue weighted by Gasteiger charge is 2.20. The largest absolute Gasteiger partial charge is 0.323 e. The topological polar surface area (TPSA) is 138 Å². The molecule has 0 atom stereocenters. The molecule has 0 saturated heterocycles. The Hall–Kier alpha value is -4.12. The predicted molar refractivity (Wildman–Crippen MR) is 133 cm³/mol. The summed E-state index contributed by atoms with van der Waals surface area (Å²) >= 11 is 0. The monoisotopic (exact) mass is 468 g/mol. The zero-order valence-electron chi connectivity index (χ0n) is 20.2. The molecule has 0 aliphatic heterocycles. The van der Waals surface area contributed by atoms with Crippen molar-refractivity contribution in [1.82, 2.24) is 5.43 Å². The number of amides is 2. The van der Waals surface area contributed by atoms with Crippen molar-refractivity contribution in [3.05, 3.63) is 63.7 Å². The number of nitrogens with zero attached hydrogens (tertiary/aromatic N) is 4. The van der Waals surface area contributed by atoms with E-state index in [1.54, 1.807) is 25.1 Å². The van der Waals surface area contributed by atoms with Gasteiger partial charge in [-0.3, -0.25) is 25.1 Å². The summed E-state index contributed by atoms with van der Waals surface area (Å²) in [7, 11) is 5.57. The third kappa shape index (κ3) is 7.78. The Labute approximate surface area is 198 Å². The maximum absolute atomic E-state index is 13.1. The smallest absolute Gasteiger partial charge is 0.295 e. The first-order valence-corrected chi connectivity index (χ1v) is 10.5. The molecule has 2 amide bonds. The van der Waals surface area contributed by atoms with E-state index in [0.29, 0.717) is 15.7 Å². The molecule has 11 heteroatoms. The van der Waals surface area contributed by atoms with Gasteiger partial charge < -0.3 is 9.80 Å². The molecular weight excluding hydrogens is 438 g/mol. The lowest BCUT2D eigenvalue weighted by molar-refractivity contribution is -0.862. The SMILES string of the molecule is CC(=N\NC(=O)C[N+](C)(C)C)/C(=N/Nc1ccc(C)cc1[N+](=O)[O-])C(=O)Nc1ccccc1C. The normalized spacial score (nSPS) is 12.2. The summed E-state index contributed by atoms with van der Waals surface area (Å²) in [5.74, 6) is -0.939. The number of hydrogen-bond acceptors (Lipinski definition) is 7. The number of rotatable bonds is 9. The van der Waals surface area contributed by atoms with Crippen LogP contribution in [0.4, 0.5) is 17.1 Å². The van der Waals surface area contributed by atoms with Gasteiger partial charge in [0, 0.05) is 11.8 Å². The van der Waals surface area contributed by atoms with E-state index in [2.05, 4.69) is 26.4 Å². The fourth-order valence-electron chi connectivity index (χ4n) is 2.86. The van der Waals surface area contributed by atoms with Crippen LogP contribution in [0, 0.1) is 24.0 Å². The molecule has 3 N–H and O–H groups in total. The molecule has 0 aliphatic carbocycles. The van der Waals surface area contributed by atoms with E-state index in [4.69, 9.17) is 0 Å². The molecule has 2 aromatic rings. The standard InChI is InChI=1S/C23H29N7O4/c1-15-11-12-19(20(13-15)29(33)34)26-28-22(17(3)25-27-21(31)14-30(4,5)6)23(32)24-18-10-8-7-9-16(18)2/h7-13H,14H2,1-6H3,(H2-,24,25,26,27,28,31,32)/p+1. The number of quaternary nitrogens is 1. The average molecular weight is 469 g/mol. The Morgan fingerprint density at radius 3 is 2.32 bits per heavy atom. The number of nitrogens with one attached hydrogen (secondary N) is 3. The number of carbonyl (C=O) groups is 2. The Bertz CT molecular complexity index is 1150. The minimum absolute atomic E-state index is 0.110. The Balaban J connectivity index is 2.37. The molecule has 0 fully saturated rings. The second-order valence-corrected chi connectivity index (χ2v) is 8.80. The van der Waals surface area contributed by atoms with Crippen LogP contribution in [-0.2, 0) is 9.59 Å². The Kier molecular flexibility index (Phi) is 8.57. The number of carbonyl (C=O) groups excluding carboxylic acids is 2. The summed E-state index contributed by atoms with van der Waals surface area (Å²) in [6, 6.07) is 11.8. The van der Waals surface area contributed by atoms with Gasteiger partial charge in [-0.2, -0.15) is 10.2 Å². The van der Waals surface area contributed by atoms with Gasteiger partial charge in [-0.05, 0) is 44.0 Å². The van der Waals surface area contributed by atoms with Crippen molar-refractivity contribution < 1.29 is 19.0 Å². The molecule has 0 heterocycles.